The van der Waals surface area contributed by atoms with E-state index in [1.807, 2.05) is 13.8 Å². The fourth-order valence-corrected chi connectivity index (χ4v) is 6.55. The first-order chi connectivity index (χ1) is 30.4. The van der Waals surface area contributed by atoms with Gasteiger partial charge in [0.25, 0.3) is 0 Å². The van der Waals surface area contributed by atoms with Gasteiger partial charge in [0.15, 0.2) is 0 Å². The Kier molecular flexibility index (Phi) is 25.4. The van der Waals surface area contributed by atoms with Crippen LogP contribution in [-0.2, 0) is 54.4 Å². The topological polar surface area (TPSA) is 362 Å². The van der Waals surface area contributed by atoms with Crippen LogP contribution in [0.4, 0.5) is 0 Å². The summed E-state index contributed by atoms with van der Waals surface area (Å²) in [6, 6.07) is -9.68. The number of imidazole rings is 1. The number of nitrogens with two attached hydrogens (primary N) is 1. The van der Waals surface area contributed by atoms with Gasteiger partial charge in [-0.3, -0.25) is 47.9 Å². The minimum atomic E-state index is -1.50. The van der Waals surface area contributed by atoms with Crippen LogP contribution < -0.4 is 48.3 Å². The molecule has 1 aromatic heterocycles. The lowest BCUT2D eigenvalue weighted by Crippen LogP contribution is -2.60. The van der Waals surface area contributed by atoms with Gasteiger partial charge in [-0.1, -0.05) is 41.5 Å². The number of aromatic nitrogens is 2. The number of carboxylic acid groups (broad SMARTS) is 2. The number of rotatable bonds is 30. The molecule has 0 fully saturated rings. The first-order valence-corrected chi connectivity index (χ1v) is 22.8. The van der Waals surface area contributed by atoms with E-state index in [4.69, 9.17) is 5.73 Å². The van der Waals surface area contributed by atoms with Crippen LogP contribution in [0.3, 0.4) is 0 Å². The lowest BCUT2D eigenvalue weighted by atomic mass is 9.99. The molecule has 0 spiro atoms. The van der Waals surface area contributed by atoms with E-state index in [1.165, 1.54) is 38.1 Å². The van der Waals surface area contributed by atoms with Crippen molar-refractivity contribution in [2.24, 2.45) is 23.5 Å². The van der Waals surface area contributed by atoms with E-state index < -0.39 is 133 Å². The van der Waals surface area contributed by atoms with Crippen molar-refractivity contribution in [2.75, 3.05) is 18.6 Å². The molecule has 0 aliphatic carbocycles. The number of aliphatic carboxylic acids is 2. The van der Waals surface area contributed by atoms with Gasteiger partial charge in [0.05, 0.1) is 18.9 Å². The predicted molar refractivity (Wildman–Crippen MR) is 239 cm³/mol. The highest BCUT2D eigenvalue weighted by Gasteiger charge is 2.34. The lowest BCUT2D eigenvalue weighted by molar-refractivity contribution is -0.142. The maximum absolute atomic E-state index is 13.8. The van der Waals surface area contributed by atoms with Gasteiger partial charge in [0, 0.05) is 24.7 Å². The quantitative estimate of drug-likeness (QED) is 0.0408. The van der Waals surface area contributed by atoms with Gasteiger partial charge >= 0.3 is 11.9 Å². The molecule has 0 saturated heterocycles. The van der Waals surface area contributed by atoms with E-state index in [0.29, 0.717) is 11.4 Å². The summed E-state index contributed by atoms with van der Waals surface area (Å²) in [6.45, 7) is 12.6. The molecule has 0 bridgehead atoms. The Labute approximate surface area is 383 Å². The molecule has 24 heteroatoms. The van der Waals surface area contributed by atoms with Crippen LogP contribution in [0, 0.1) is 17.8 Å². The number of aromatic amines is 1. The normalized spacial score (nSPS) is 14.9. The lowest BCUT2D eigenvalue weighted by Gasteiger charge is -2.28. The minimum absolute atomic E-state index is 0.0389. The Morgan fingerprint density at radius 2 is 1.15 bits per heavy atom. The monoisotopic (exact) mass is 939 g/mol. The summed E-state index contributed by atoms with van der Waals surface area (Å²) in [4.78, 5) is 136. The Morgan fingerprint density at radius 3 is 1.65 bits per heavy atom. The molecular weight excluding hydrogens is 871 g/mol. The summed E-state index contributed by atoms with van der Waals surface area (Å²) in [5.41, 5.74) is 6.12. The molecule has 0 saturated carbocycles. The molecule has 1 aromatic rings. The van der Waals surface area contributed by atoms with Crippen LogP contribution in [0.2, 0.25) is 0 Å². The van der Waals surface area contributed by atoms with Gasteiger partial charge < -0.3 is 63.5 Å². The first kappa shape index (κ1) is 57.2. The molecule has 65 heavy (non-hydrogen) atoms. The van der Waals surface area contributed by atoms with Gasteiger partial charge in [-0.05, 0) is 69.3 Å². The standard InChI is InChI=1S/C41H69N11O12S/c1-20(2)14-28(37(59)46-24(8)41(63)64)51-38(60)30(16-25-17-43-19-45-25)47-31(53)18-44-35(57)27(12-13-65-9)48-36(58)26(10-11-32(54)55)49-40(62)33(22(5)6)52-39(61)29(15-21(3)4)50-34(56)23(7)42/h17,19-24,26-30,33H,10-16,18,42H2,1-9H3,(H,43,45)(H,44,57)(H,46,59)(H,47,53)(H,48,58)(H,49,62)(H,50,56)(H,51,60)(H,52,61)(H,54,55)(H,63,64)/t23-,24-,26-,27-,28-,29-,30-,33-/m0/s1. The van der Waals surface area contributed by atoms with Crippen molar-refractivity contribution in [3.05, 3.63) is 18.2 Å². The number of hydrogen-bond donors (Lipinski definition) is 12. The van der Waals surface area contributed by atoms with Crippen LogP contribution in [0.25, 0.3) is 0 Å². The summed E-state index contributed by atoms with van der Waals surface area (Å²) in [7, 11) is 0. The molecule has 8 amide bonds. The molecule has 1 rings (SSSR count). The van der Waals surface area contributed by atoms with Gasteiger partial charge in [0.2, 0.25) is 47.3 Å². The fourth-order valence-electron chi connectivity index (χ4n) is 6.08. The summed E-state index contributed by atoms with van der Waals surface area (Å²) in [5, 5.41) is 38.9. The number of carboxylic acids is 2. The smallest absolute Gasteiger partial charge is 0.325 e. The molecular formula is C41H69N11O12S. The van der Waals surface area contributed by atoms with Crippen molar-refractivity contribution in [2.45, 2.75) is 142 Å². The number of nitrogens with one attached hydrogen (secondary N) is 9. The maximum Gasteiger partial charge on any atom is 0.325 e. The second-order valence-electron chi connectivity index (χ2n) is 16.9. The number of amides is 8. The second-order valence-corrected chi connectivity index (χ2v) is 17.9. The van der Waals surface area contributed by atoms with Crippen LogP contribution in [0.1, 0.15) is 93.2 Å². The third kappa shape index (κ3) is 22.1. The van der Waals surface area contributed by atoms with Crippen molar-refractivity contribution >= 4 is 71.0 Å². The van der Waals surface area contributed by atoms with Crippen molar-refractivity contribution in [3.8, 4) is 0 Å². The van der Waals surface area contributed by atoms with E-state index in [0.717, 1.165) is 0 Å². The van der Waals surface area contributed by atoms with Crippen molar-refractivity contribution in [1.29, 1.82) is 0 Å². The Morgan fingerprint density at radius 1 is 0.646 bits per heavy atom. The van der Waals surface area contributed by atoms with Crippen LogP contribution >= 0.6 is 11.8 Å². The Balaban J connectivity index is 3.24. The largest absolute Gasteiger partial charge is 0.481 e. The number of thioether (sulfide) groups is 1. The highest BCUT2D eigenvalue weighted by Crippen LogP contribution is 2.11. The molecule has 0 aromatic carbocycles. The zero-order valence-corrected chi connectivity index (χ0v) is 39.4. The Bertz CT molecular complexity index is 1780. The average molecular weight is 940 g/mol. The van der Waals surface area contributed by atoms with Crippen molar-refractivity contribution in [3.63, 3.8) is 0 Å². The molecule has 1 heterocycles. The SMILES string of the molecule is CSCC[C@H](NC(=O)[C@H](CCC(=O)O)NC(=O)[C@@H](NC(=O)[C@H](CC(C)C)NC(=O)[C@H](C)N)C(C)C)C(=O)NCC(=O)N[C@@H](Cc1cnc[nH]1)C(=O)N[C@@H](CC(C)C)C(=O)N[C@@H](C)C(=O)O. The molecule has 366 valence electrons. The number of hydrogen-bond acceptors (Lipinski definition) is 13. The Hall–Kier alpha value is -5.78. The third-order valence-electron chi connectivity index (χ3n) is 9.65. The van der Waals surface area contributed by atoms with E-state index >= 15 is 0 Å². The van der Waals surface area contributed by atoms with Gasteiger partial charge in [0.1, 0.15) is 42.3 Å². The summed E-state index contributed by atoms with van der Waals surface area (Å²) in [6.07, 6.45) is 3.85. The molecule has 0 aliphatic rings. The van der Waals surface area contributed by atoms with Gasteiger partial charge in [-0.25, -0.2) is 4.98 Å². The molecule has 0 radical (unpaired) electrons. The zero-order chi connectivity index (χ0) is 49.6. The van der Waals surface area contributed by atoms with Crippen LogP contribution in [0.15, 0.2) is 12.5 Å². The number of H-pyrrole nitrogens is 1. The molecule has 0 unspecified atom stereocenters. The second kappa shape index (κ2) is 28.9. The van der Waals surface area contributed by atoms with E-state index in [9.17, 15) is 58.2 Å². The number of carbonyl (C=O) groups is 10. The van der Waals surface area contributed by atoms with Crippen molar-refractivity contribution in [1.82, 2.24) is 52.5 Å². The van der Waals surface area contributed by atoms with Gasteiger partial charge in [-0.15, -0.1) is 0 Å². The van der Waals surface area contributed by atoms with Gasteiger partial charge in [-0.2, -0.15) is 11.8 Å². The van der Waals surface area contributed by atoms with E-state index in [-0.39, 0.29) is 37.5 Å². The van der Waals surface area contributed by atoms with Crippen LogP contribution in [-0.4, -0.2) is 146 Å². The molecule has 13 N–H and O–H groups in total. The predicted octanol–water partition coefficient (Wildman–Crippen LogP) is -1.72. The number of carbonyl (C=O) groups excluding carboxylic acids is 8. The summed E-state index contributed by atoms with van der Waals surface area (Å²) in [5.74, 6) is -9.10. The van der Waals surface area contributed by atoms with E-state index in [1.54, 1.807) is 34.0 Å². The van der Waals surface area contributed by atoms with Crippen molar-refractivity contribution < 1.29 is 58.2 Å². The highest BCUT2D eigenvalue weighted by molar-refractivity contribution is 7.98. The van der Waals surface area contributed by atoms with E-state index in [2.05, 4.69) is 52.5 Å². The minimum Gasteiger partial charge on any atom is -0.481 e. The average Bonchev–Trinajstić information content (AvgIpc) is 3.73. The highest BCUT2D eigenvalue weighted by atomic mass is 32.2. The molecule has 23 nitrogen and oxygen atoms in total. The molecule has 8 atom stereocenters. The fraction of sp³-hybridized carbons (Fsp3) is 0.683. The maximum atomic E-state index is 13.8. The number of nitrogens with zero attached hydrogens (tertiary/aromatic N) is 1. The third-order valence-corrected chi connectivity index (χ3v) is 10.3. The summed E-state index contributed by atoms with van der Waals surface area (Å²) < 4.78 is 0. The molecule has 0 aliphatic heterocycles. The first-order valence-electron chi connectivity index (χ1n) is 21.4. The summed E-state index contributed by atoms with van der Waals surface area (Å²) >= 11 is 1.34. The zero-order valence-electron chi connectivity index (χ0n) is 38.6. The van der Waals surface area contributed by atoms with Crippen LogP contribution in [0.5, 0.6) is 0 Å².